The quantitative estimate of drug-likeness (QED) is 0.136. The molecule has 3 aromatic heterocycles. The number of hydrogen-bond donors (Lipinski definition) is 0. The average molecular weight is 707 g/mol. The summed E-state index contributed by atoms with van der Waals surface area (Å²) in [6.07, 6.45) is 3.75. The van der Waals surface area contributed by atoms with Gasteiger partial charge in [0.1, 0.15) is 0 Å². The van der Waals surface area contributed by atoms with Crippen molar-refractivity contribution in [2.75, 3.05) is 0 Å². The van der Waals surface area contributed by atoms with Gasteiger partial charge in [0.05, 0.1) is 8.07 Å². The second kappa shape index (κ2) is 11.8. The Morgan fingerprint density at radius 1 is 0.737 bits per heavy atom. The summed E-state index contributed by atoms with van der Waals surface area (Å²) in [7, 11) is -1.30. The van der Waals surface area contributed by atoms with E-state index < -0.39 is 8.07 Å². The maximum Gasteiger partial charge on any atom is 0.0776 e. The number of aryl methyl sites for hydroxylation is 2. The maximum absolute atomic E-state index is 4.57. The predicted octanol–water partition coefficient (Wildman–Crippen LogP) is 8.63. The van der Waals surface area contributed by atoms with Gasteiger partial charge in [0.15, 0.2) is 0 Å². The summed E-state index contributed by atoms with van der Waals surface area (Å²) in [5.74, 6) is 0. The van der Waals surface area contributed by atoms with E-state index in [0.717, 1.165) is 22.5 Å². The Morgan fingerprint density at radius 3 is 2.26 bits per heavy atom. The van der Waals surface area contributed by atoms with Gasteiger partial charge in [-0.15, -0.1) is 59.7 Å². The summed E-state index contributed by atoms with van der Waals surface area (Å²) in [6.45, 7) is 11.3. The minimum absolute atomic E-state index is 0. The van der Waals surface area contributed by atoms with Gasteiger partial charge < -0.3 is 9.97 Å². The zero-order chi connectivity index (χ0) is 26.0. The molecule has 2 nitrogen and oxygen atoms in total. The molecule has 0 atom stereocenters. The minimum atomic E-state index is -1.30. The van der Waals surface area contributed by atoms with Crippen LogP contribution in [0.1, 0.15) is 11.1 Å². The molecule has 0 amide bonds. The number of fused-ring (bicyclic) bond motifs is 3. The van der Waals surface area contributed by atoms with Gasteiger partial charge in [-0.3, -0.25) is 0 Å². The van der Waals surface area contributed by atoms with Gasteiger partial charge in [-0.05, 0) is 53.0 Å². The first-order valence-electron chi connectivity index (χ1n) is 12.5. The van der Waals surface area contributed by atoms with E-state index in [1.54, 1.807) is 0 Å². The molecule has 0 unspecified atom stereocenters. The van der Waals surface area contributed by atoms with Crippen LogP contribution in [0.4, 0.5) is 0 Å². The summed E-state index contributed by atoms with van der Waals surface area (Å²) in [4.78, 5) is 8.89. The van der Waals surface area contributed by atoms with Crippen LogP contribution in [0.3, 0.4) is 0 Å². The Kier molecular flexibility index (Phi) is 8.74. The summed E-state index contributed by atoms with van der Waals surface area (Å²) < 4.78 is 2.66. The molecule has 6 rings (SSSR count). The molecular weight excluding hydrogens is 677 g/mol. The molecule has 0 saturated heterocycles. The molecule has 3 heterocycles. The van der Waals surface area contributed by atoms with Gasteiger partial charge in [-0.1, -0.05) is 66.1 Å². The van der Waals surface area contributed by atoms with Gasteiger partial charge in [0, 0.05) is 37.2 Å². The van der Waals surface area contributed by atoms with Crippen molar-refractivity contribution in [2.45, 2.75) is 33.5 Å². The van der Waals surface area contributed by atoms with Gasteiger partial charge >= 0.3 is 0 Å². The molecular formula is C33H30IrN2SSi-2. The molecule has 0 spiro atoms. The van der Waals surface area contributed by atoms with Crippen LogP contribution >= 0.6 is 11.3 Å². The van der Waals surface area contributed by atoms with E-state index in [1.807, 2.05) is 73.1 Å². The standard InChI is InChI=1S/C21H20NSSi.C12H10N.Ir/c1-14-10-11-22-19(12-14)18-7-5-6-17-16-9-8-15(24(2,3)4)13-20(16)23-21(17)18;1-10-7-8-12(13-9-10)11-5-3-2-4-6-11;/h5-6,8-13H,1-4H3;2-5,7-9H,1H3;/q2*-1;. The summed E-state index contributed by atoms with van der Waals surface area (Å²) in [6, 6.07) is 33.9. The van der Waals surface area contributed by atoms with E-state index >= 15 is 0 Å². The molecule has 0 saturated carbocycles. The third kappa shape index (κ3) is 6.19. The summed E-state index contributed by atoms with van der Waals surface area (Å²) in [5.41, 5.74) is 6.56. The minimum Gasteiger partial charge on any atom is -0.305 e. The summed E-state index contributed by atoms with van der Waals surface area (Å²) in [5, 5.41) is 4.18. The number of nitrogens with zero attached hydrogens (tertiary/aromatic N) is 2. The largest absolute Gasteiger partial charge is 0.305 e. The second-order valence-corrected chi connectivity index (χ2v) is 16.5. The van der Waals surface area contributed by atoms with Crippen LogP contribution in [-0.4, -0.2) is 18.0 Å². The molecule has 1 radical (unpaired) electrons. The van der Waals surface area contributed by atoms with Crippen molar-refractivity contribution in [2.24, 2.45) is 0 Å². The van der Waals surface area contributed by atoms with Gasteiger partial charge in [-0.2, -0.15) is 11.3 Å². The van der Waals surface area contributed by atoms with E-state index in [0.29, 0.717) is 0 Å². The van der Waals surface area contributed by atoms with Crippen LogP contribution in [0.2, 0.25) is 19.6 Å². The van der Waals surface area contributed by atoms with Gasteiger partial charge in [-0.25, -0.2) is 0 Å². The topological polar surface area (TPSA) is 25.8 Å². The van der Waals surface area contributed by atoms with Crippen LogP contribution in [0.15, 0.2) is 91.3 Å². The zero-order valence-electron chi connectivity index (χ0n) is 22.3. The van der Waals surface area contributed by atoms with E-state index in [9.17, 15) is 0 Å². The number of rotatable bonds is 3. The molecule has 38 heavy (non-hydrogen) atoms. The van der Waals surface area contributed by atoms with E-state index in [-0.39, 0.29) is 20.1 Å². The number of benzene rings is 3. The van der Waals surface area contributed by atoms with Crippen LogP contribution in [-0.2, 0) is 20.1 Å². The van der Waals surface area contributed by atoms with Crippen molar-refractivity contribution < 1.29 is 20.1 Å². The zero-order valence-corrected chi connectivity index (χ0v) is 26.5. The number of thiophene rings is 1. The molecule has 0 bridgehead atoms. The maximum atomic E-state index is 4.57. The Hall–Kier alpha value is -2.95. The van der Waals surface area contributed by atoms with E-state index in [2.05, 4.69) is 85.1 Å². The second-order valence-electron chi connectivity index (χ2n) is 10.4. The fourth-order valence-electron chi connectivity index (χ4n) is 4.25. The monoisotopic (exact) mass is 707 g/mol. The smallest absolute Gasteiger partial charge is 0.0776 e. The van der Waals surface area contributed by atoms with Crippen molar-refractivity contribution in [3.05, 3.63) is 115 Å². The predicted molar refractivity (Wildman–Crippen MR) is 162 cm³/mol. The van der Waals surface area contributed by atoms with Crippen LogP contribution in [0, 0.1) is 26.0 Å². The van der Waals surface area contributed by atoms with Crippen LogP contribution in [0.25, 0.3) is 42.7 Å². The number of pyridine rings is 2. The van der Waals surface area contributed by atoms with Crippen LogP contribution in [0.5, 0.6) is 0 Å². The third-order valence-corrected chi connectivity index (χ3v) is 9.60. The average Bonchev–Trinajstić information content (AvgIpc) is 3.28. The van der Waals surface area contributed by atoms with Crippen molar-refractivity contribution in [3.8, 4) is 22.5 Å². The first kappa shape index (κ1) is 28.1. The Labute approximate surface area is 244 Å². The van der Waals surface area contributed by atoms with Gasteiger partial charge in [0.2, 0.25) is 0 Å². The molecule has 5 heteroatoms. The fraction of sp³-hybridized carbons (Fsp3) is 0.152. The van der Waals surface area contributed by atoms with E-state index in [1.165, 1.54) is 36.5 Å². The molecule has 0 aliphatic carbocycles. The Bertz CT molecular complexity index is 1670. The molecule has 0 aliphatic rings. The molecule has 6 aromatic rings. The molecule has 3 aromatic carbocycles. The third-order valence-electron chi connectivity index (χ3n) is 6.37. The number of hydrogen-bond acceptors (Lipinski definition) is 3. The normalized spacial score (nSPS) is 11.1. The molecule has 0 N–H and O–H groups in total. The Balaban J connectivity index is 0.000000204. The van der Waals surface area contributed by atoms with Crippen molar-refractivity contribution in [1.29, 1.82) is 0 Å². The van der Waals surface area contributed by atoms with Crippen molar-refractivity contribution >= 4 is 44.8 Å². The molecule has 0 fully saturated rings. The summed E-state index contributed by atoms with van der Waals surface area (Å²) >= 11 is 1.87. The first-order valence-corrected chi connectivity index (χ1v) is 16.8. The van der Waals surface area contributed by atoms with Crippen molar-refractivity contribution in [1.82, 2.24) is 9.97 Å². The molecule has 0 aliphatic heterocycles. The van der Waals surface area contributed by atoms with Crippen LogP contribution < -0.4 is 5.19 Å². The number of aromatic nitrogens is 2. The van der Waals surface area contributed by atoms with Gasteiger partial charge in [0.25, 0.3) is 0 Å². The fourth-order valence-corrected chi connectivity index (χ4v) is 6.76. The van der Waals surface area contributed by atoms with E-state index in [4.69, 9.17) is 0 Å². The van der Waals surface area contributed by atoms with Crippen molar-refractivity contribution in [3.63, 3.8) is 0 Å². The first-order chi connectivity index (χ1) is 17.8. The molecule has 193 valence electrons. The Morgan fingerprint density at radius 2 is 1.58 bits per heavy atom. The SMILES string of the molecule is Cc1ccc(-c2[c-]cccc2)nc1.Cc1ccnc(-c2[c-]ccc3c2sc2cc([Si](C)(C)C)ccc23)c1.[Ir].